The number of aromatic nitrogens is 1. The fraction of sp³-hybridized carbons (Fsp3) is 0.474. The minimum absolute atomic E-state index is 0.0146. The molecule has 1 fully saturated rings. The number of ether oxygens (including phenoxy) is 1. The summed E-state index contributed by atoms with van der Waals surface area (Å²) < 4.78 is 5.61. The number of piperidine rings is 1. The van der Waals surface area contributed by atoms with Gasteiger partial charge in [0.05, 0.1) is 22.6 Å². The first kappa shape index (κ1) is 15.8. The molecule has 1 saturated heterocycles. The lowest BCUT2D eigenvalue weighted by atomic mass is 9.88. The number of terminal acetylenes is 1. The van der Waals surface area contributed by atoms with Gasteiger partial charge in [0, 0.05) is 32.3 Å². The first-order chi connectivity index (χ1) is 11.0. The molecular formula is C19H22N2O2. The third-order valence-corrected chi connectivity index (χ3v) is 4.98. The van der Waals surface area contributed by atoms with Crippen molar-refractivity contribution in [3.63, 3.8) is 0 Å². The summed E-state index contributed by atoms with van der Waals surface area (Å²) in [5, 5.41) is 0. The van der Waals surface area contributed by atoms with Crippen LogP contribution in [0.5, 0.6) is 0 Å². The van der Waals surface area contributed by atoms with Gasteiger partial charge in [0.2, 0.25) is 0 Å². The minimum Gasteiger partial charge on any atom is -0.378 e. The van der Waals surface area contributed by atoms with Crippen LogP contribution >= 0.6 is 0 Å². The summed E-state index contributed by atoms with van der Waals surface area (Å²) in [4.78, 5) is 19.3. The number of rotatable bonds is 2. The van der Waals surface area contributed by atoms with Gasteiger partial charge in [-0.3, -0.25) is 9.78 Å². The van der Waals surface area contributed by atoms with Crippen LogP contribution in [0.1, 0.15) is 36.7 Å². The van der Waals surface area contributed by atoms with Gasteiger partial charge < -0.3 is 9.64 Å². The Morgan fingerprint density at radius 2 is 2.04 bits per heavy atom. The van der Waals surface area contributed by atoms with Gasteiger partial charge in [-0.1, -0.05) is 12.0 Å². The molecule has 0 radical (unpaired) electrons. The standard InChI is InChI=1S/C19H22N2O2/c1-5-15-16(22)12-14-7-6-13(2)20-17(14)18(15)21-10-8-19(3,23-4)9-11-21/h1,6-7H,8-12H2,2-4H3. The number of aryl methyl sites for hydroxylation is 1. The predicted octanol–water partition coefficient (Wildman–Crippen LogP) is 2.36. The highest BCUT2D eigenvalue weighted by atomic mass is 16.5. The minimum atomic E-state index is -0.102. The zero-order valence-electron chi connectivity index (χ0n) is 14.0. The highest BCUT2D eigenvalue weighted by molar-refractivity contribution is 6.09. The third-order valence-electron chi connectivity index (χ3n) is 4.98. The SMILES string of the molecule is C#CC1=C(N2CCC(C)(OC)CC2)c2nc(C)ccc2CC1=O. The Kier molecular flexibility index (Phi) is 3.99. The molecule has 1 aromatic rings. The zero-order chi connectivity index (χ0) is 16.6. The van der Waals surface area contributed by atoms with E-state index in [1.54, 1.807) is 7.11 Å². The lowest BCUT2D eigenvalue weighted by Crippen LogP contribution is -2.44. The second kappa shape index (κ2) is 5.82. The number of carbonyl (C=O) groups is 1. The third kappa shape index (κ3) is 2.77. The van der Waals surface area contributed by atoms with Crippen LogP contribution in [0.15, 0.2) is 17.7 Å². The first-order valence-corrected chi connectivity index (χ1v) is 7.98. The van der Waals surface area contributed by atoms with Crippen molar-refractivity contribution in [2.45, 2.75) is 38.7 Å². The fourth-order valence-electron chi connectivity index (χ4n) is 3.31. The molecule has 1 aliphatic carbocycles. The lowest BCUT2D eigenvalue weighted by molar-refractivity contribution is -0.114. The summed E-state index contributed by atoms with van der Waals surface area (Å²) in [7, 11) is 1.76. The number of allylic oxidation sites excluding steroid dienone is 1. The maximum Gasteiger partial charge on any atom is 0.177 e. The molecule has 0 aromatic carbocycles. The smallest absolute Gasteiger partial charge is 0.177 e. The van der Waals surface area contributed by atoms with Crippen molar-refractivity contribution >= 4 is 11.5 Å². The molecule has 0 bridgehead atoms. The largest absolute Gasteiger partial charge is 0.378 e. The van der Waals surface area contributed by atoms with Crippen LogP contribution in [0, 0.1) is 19.3 Å². The molecule has 0 saturated carbocycles. The van der Waals surface area contributed by atoms with Crippen LogP contribution in [-0.2, 0) is 16.0 Å². The molecule has 0 amide bonds. The van der Waals surface area contributed by atoms with Gasteiger partial charge in [0.15, 0.2) is 5.78 Å². The molecular weight excluding hydrogens is 288 g/mol. The monoisotopic (exact) mass is 310 g/mol. The Hall–Kier alpha value is -2.12. The average Bonchev–Trinajstić information content (AvgIpc) is 2.55. The highest BCUT2D eigenvalue weighted by Gasteiger charge is 2.35. The molecule has 120 valence electrons. The average molecular weight is 310 g/mol. The topological polar surface area (TPSA) is 42.4 Å². The van der Waals surface area contributed by atoms with Gasteiger partial charge >= 0.3 is 0 Å². The van der Waals surface area contributed by atoms with Gasteiger partial charge in [-0.25, -0.2) is 0 Å². The summed E-state index contributed by atoms with van der Waals surface area (Å²) in [5.41, 5.74) is 3.98. The number of carbonyl (C=O) groups excluding carboxylic acids is 1. The zero-order valence-corrected chi connectivity index (χ0v) is 14.0. The van der Waals surface area contributed by atoms with Crippen molar-refractivity contribution in [3.8, 4) is 12.3 Å². The maximum atomic E-state index is 12.4. The quantitative estimate of drug-likeness (QED) is 0.787. The fourth-order valence-corrected chi connectivity index (χ4v) is 3.31. The maximum absolute atomic E-state index is 12.4. The second-order valence-electron chi connectivity index (χ2n) is 6.57. The van der Waals surface area contributed by atoms with E-state index in [0.29, 0.717) is 12.0 Å². The van der Waals surface area contributed by atoms with Gasteiger partial charge in [-0.15, -0.1) is 6.42 Å². The van der Waals surface area contributed by atoms with Gasteiger partial charge in [0.25, 0.3) is 0 Å². The lowest BCUT2D eigenvalue weighted by Gasteiger charge is -2.41. The Labute approximate surface area is 137 Å². The van der Waals surface area contributed by atoms with Crippen LogP contribution in [-0.4, -0.2) is 41.5 Å². The Morgan fingerprint density at radius 3 is 2.65 bits per heavy atom. The van der Waals surface area contributed by atoms with E-state index >= 15 is 0 Å². The molecule has 2 heterocycles. The summed E-state index contributed by atoms with van der Waals surface area (Å²) in [5.74, 6) is 2.63. The van der Waals surface area contributed by atoms with E-state index in [9.17, 15) is 4.79 Å². The number of nitrogens with zero attached hydrogens (tertiary/aromatic N) is 2. The predicted molar refractivity (Wildman–Crippen MR) is 89.7 cm³/mol. The number of fused-ring (bicyclic) bond motifs is 1. The molecule has 0 N–H and O–H groups in total. The van der Waals surface area contributed by atoms with Crippen molar-refractivity contribution in [2.75, 3.05) is 20.2 Å². The highest BCUT2D eigenvalue weighted by Crippen LogP contribution is 2.35. The number of hydrogen-bond donors (Lipinski definition) is 0. The Morgan fingerprint density at radius 1 is 1.35 bits per heavy atom. The molecule has 0 unspecified atom stereocenters. The number of ketones is 1. The van der Waals surface area contributed by atoms with Crippen molar-refractivity contribution in [3.05, 3.63) is 34.7 Å². The van der Waals surface area contributed by atoms with Crippen LogP contribution < -0.4 is 0 Å². The van der Waals surface area contributed by atoms with E-state index in [2.05, 4.69) is 22.7 Å². The van der Waals surface area contributed by atoms with E-state index < -0.39 is 0 Å². The Bertz CT molecular complexity index is 719. The van der Waals surface area contributed by atoms with Crippen molar-refractivity contribution < 1.29 is 9.53 Å². The first-order valence-electron chi connectivity index (χ1n) is 7.98. The Balaban J connectivity index is 2.03. The number of methoxy groups -OCH3 is 1. The van der Waals surface area contributed by atoms with E-state index in [-0.39, 0.29) is 11.4 Å². The number of Topliss-reactive ketones (excluding diaryl/α,β-unsaturated/α-hetero) is 1. The van der Waals surface area contributed by atoms with E-state index in [1.807, 2.05) is 19.1 Å². The molecule has 1 aromatic heterocycles. The van der Waals surface area contributed by atoms with E-state index in [0.717, 1.165) is 48.6 Å². The molecule has 0 atom stereocenters. The summed E-state index contributed by atoms with van der Waals surface area (Å²) >= 11 is 0. The number of pyridine rings is 1. The molecule has 3 rings (SSSR count). The molecule has 2 aliphatic rings. The van der Waals surface area contributed by atoms with Gasteiger partial charge in [-0.05, 0) is 38.3 Å². The second-order valence-corrected chi connectivity index (χ2v) is 6.57. The van der Waals surface area contributed by atoms with Gasteiger partial charge in [0.1, 0.15) is 0 Å². The molecule has 1 aliphatic heterocycles. The van der Waals surface area contributed by atoms with E-state index in [1.165, 1.54) is 0 Å². The van der Waals surface area contributed by atoms with Crippen LogP contribution in [0.4, 0.5) is 0 Å². The van der Waals surface area contributed by atoms with Crippen LogP contribution in [0.3, 0.4) is 0 Å². The van der Waals surface area contributed by atoms with Gasteiger partial charge in [-0.2, -0.15) is 0 Å². The van der Waals surface area contributed by atoms with Crippen molar-refractivity contribution in [1.29, 1.82) is 0 Å². The van der Waals surface area contributed by atoms with Crippen molar-refractivity contribution in [2.24, 2.45) is 0 Å². The number of hydrogen-bond acceptors (Lipinski definition) is 4. The summed E-state index contributed by atoms with van der Waals surface area (Å²) in [6.45, 7) is 5.71. The normalized spacial score (nSPS) is 20.3. The molecule has 4 heteroatoms. The molecule has 0 spiro atoms. The van der Waals surface area contributed by atoms with Crippen LogP contribution in [0.25, 0.3) is 5.70 Å². The summed E-state index contributed by atoms with van der Waals surface area (Å²) in [6.07, 6.45) is 7.81. The van der Waals surface area contributed by atoms with Crippen molar-refractivity contribution in [1.82, 2.24) is 9.88 Å². The molecule has 23 heavy (non-hydrogen) atoms. The number of likely N-dealkylation sites (tertiary alicyclic amines) is 1. The molecule has 4 nitrogen and oxygen atoms in total. The van der Waals surface area contributed by atoms with E-state index in [4.69, 9.17) is 11.2 Å². The summed E-state index contributed by atoms with van der Waals surface area (Å²) in [6, 6.07) is 3.94. The van der Waals surface area contributed by atoms with Crippen LogP contribution in [0.2, 0.25) is 0 Å².